The second-order valence-electron chi connectivity index (χ2n) is 8.54. The molecule has 148 valence electrons. The molecule has 2 amide bonds. The summed E-state index contributed by atoms with van der Waals surface area (Å²) in [6.07, 6.45) is 5.34. The lowest BCUT2D eigenvalue weighted by Gasteiger charge is -2.31. The van der Waals surface area contributed by atoms with Crippen molar-refractivity contribution in [3.8, 4) is 5.88 Å². The third kappa shape index (κ3) is 2.72. The molecule has 5 rings (SSSR count). The second-order valence-corrected chi connectivity index (χ2v) is 10.3. The summed E-state index contributed by atoms with van der Waals surface area (Å²) in [6.45, 7) is 5.18. The molecule has 1 aromatic heterocycles. The Morgan fingerprint density at radius 2 is 1.96 bits per heavy atom. The van der Waals surface area contributed by atoms with E-state index in [2.05, 4.69) is 34.7 Å². The number of nitrogens with one attached hydrogen (secondary N) is 1. The van der Waals surface area contributed by atoms with Crippen LogP contribution < -0.4 is 15.2 Å². The van der Waals surface area contributed by atoms with Crippen molar-refractivity contribution in [1.29, 1.82) is 0 Å². The molecule has 3 N–H and O–H groups in total. The van der Waals surface area contributed by atoms with E-state index in [1.54, 1.807) is 4.68 Å². The average molecular weight is 401 g/mol. The van der Waals surface area contributed by atoms with Gasteiger partial charge in [-0.25, -0.2) is 18.8 Å². The number of urea groups is 1. The van der Waals surface area contributed by atoms with Crippen molar-refractivity contribution in [3.05, 3.63) is 34.5 Å². The van der Waals surface area contributed by atoms with Crippen LogP contribution in [0, 0.1) is 5.41 Å². The molecule has 0 unspecified atom stereocenters. The SMILES string of the molecule is CC1(C)COc2c([S@@](N)(=O)=NC(=O)Nc3c4c(cc5c3CC5)CC4)cnn2C1. The Balaban J connectivity index is 1.45. The van der Waals surface area contributed by atoms with E-state index >= 15 is 0 Å². The quantitative estimate of drug-likeness (QED) is 0.805. The lowest BCUT2D eigenvalue weighted by atomic mass is 9.76. The Morgan fingerprint density at radius 3 is 2.57 bits per heavy atom. The van der Waals surface area contributed by atoms with E-state index in [0.29, 0.717) is 19.0 Å². The van der Waals surface area contributed by atoms with E-state index in [4.69, 9.17) is 9.88 Å². The van der Waals surface area contributed by atoms with E-state index in [0.717, 1.165) is 31.4 Å². The number of carbonyl (C=O) groups is 1. The van der Waals surface area contributed by atoms with Gasteiger partial charge >= 0.3 is 6.03 Å². The second kappa shape index (κ2) is 5.81. The third-order valence-electron chi connectivity index (χ3n) is 5.72. The minimum Gasteiger partial charge on any atom is -0.476 e. The molecule has 1 aromatic carbocycles. The first-order chi connectivity index (χ1) is 13.2. The predicted octanol–water partition coefficient (Wildman–Crippen LogP) is 2.43. The maximum absolute atomic E-state index is 13.0. The van der Waals surface area contributed by atoms with Crippen LogP contribution in [0.5, 0.6) is 5.88 Å². The molecule has 3 aliphatic rings. The Morgan fingerprint density at radius 1 is 1.29 bits per heavy atom. The Kier molecular flexibility index (Phi) is 3.67. The van der Waals surface area contributed by atoms with Crippen LogP contribution in [-0.4, -0.2) is 26.6 Å². The standard InChI is InChI=1S/C19H23N5O3S/c1-19(2)9-24-17(27-10-19)15(8-21-24)28(20,26)23-18(25)22-16-13-5-3-11(13)7-12-4-6-14(12)16/h7-8H,3-6,9-10H2,1-2H3,(H3,20,22,23,25,26)/t28-/m0/s1. The highest BCUT2D eigenvalue weighted by atomic mass is 32.2. The van der Waals surface area contributed by atoms with Crippen molar-refractivity contribution in [3.63, 3.8) is 0 Å². The van der Waals surface area contributed by atoms with Gasteiger partial charge in [0, 0.05) is 11.1 Å². The number of hydrogen-bond acceptors (Lipinski definition) is 4. The number of fused-ring (bicyclic) bond motifs is 3. The molecule has 0 bridgehead atoms. The minimum atomic E-state index is -3.47. The topological polar surface area (TPSA) is 112 Å². The van der Waals surface area contributed by atoms with E-state index in [9.17, 15) is 9.00 Å². The molecule has 2 aliphatic carbocycles. The van der Waals surface area contributed by atoms with Gasteiger partial charge in [-0.05, 0) is 47.9 Å². The number of hydrogen-bond donors (Lipinski definition) is 2. The highest BCUT2D eigenvalue weighted by Crippen LogP contribution is 2.41. The van der Waals surface area contributed by atoms with Gasteiger partial charge in [-0.1, -0.05) is 19.9 Å². The molecule has 0 saturated carbocycles. The van der Waals surface area contributed by atoms with Crippen molar-refractivity contribution in [2.45, 2.75) is 51.0 Å². The molecule has 2 heterocycles. The summed E-state index contributed by atoms with van der Waals surface area (Å²) in [5.41, 5.74) is 5.65. The maximum Gasteiger partial charge on any atom is 0.354 e. The van der Waals surface area contributed by atoms with Gasteiger partial charge in [0.2, 0.25) is 5.88 Å². The summed E-state index contributed by atoms with van der Waals surface area (Å²) >= 11 is 0. The van der Waals surface area contributed by atoms with Gasteiger partial charge < -0.3 is 10.1 Å². The number of carbonyl (C=O) groups excluding carboxylic acids is 1. The summed E-state index contributed by atoms with van der Waals surface area (Å²) < 4.78 is 24.2. The normalized spacial score (nSPS) is 20.2. The number of rotatable bonds is 2. The first-order valence-electron chi connectivity index (χ1n) is 9.44. The van der Waals surface area contributed by atoms with Gasteiger partial charge in [0.15, 0.2) is 9.92 Å². The first-order valence-corrected chi connectivity index (χ1v) is 11.0. The van der Waals surface area contributed by atoms with Crippen molar-refractivity contribution >= 4 is 21.6 Å². The summed E-state index contributed by atoms with van der Waals surface area (Å²) in [7, 11) is -3.47. The molecule has 0 fully saturated rings. The number of aryl methyl sites for hydroxylation is 2. The fourth-order valence-corrected chi connectivity index (χ4v) is 5.06. The summed E-state index contributed by atoms with van der Waals surface area (Å²) in [5.74, 6) is 0.330. The monoisotopic (exact) mass is 401 g/mol. The smallest absolute Gasteiger partial charge is 0.354 e. The van der Waals surface area contributed by atoms with Crippen LogP contribution in [0.4, 0.5) is 10.5 Å². The molecule has 0 spiro atoms. The molecule has 0 radical (unpaired) electrons. The van der Waals surface area contributed by atoms with Crippen LogP contribution in [0.3, 0.4) is 0 Å². The summed E-state index contributed by atoms with van der Waals surface area (Å²) in [5, 5.41) is 13.0. The van der Waals surface area contributed by atoms with Gasteiger partial charge in [0.25, 0.3) is 0 Å². The fraction of sp³-hybridized carbons (Fsp3) is 0.474. The van der Waals surface area contributed by atoms with E-state index in [1.165, 1.54) is 28.5 Å². The van der Waals surface area contributed by atoms with Crippen molar-refractivity contribution < 1.29 is 13.7 Å². The third-order valence-corrected chi connectivity index (χ3v) is 7.07. The Hall–Kier alpha value is -2.39. The van der Waals surface area contributed by atoms with Gasteiger partial charge in [-0.3, -0.25) is 0 Å². The molecular weight excluding hydrogens is 378 g/mol. The van der Waals surface area contributed by atoms with Crippen molar-refractivity contribution in [2.75, 3.05) is 11.9 Å². The van der Waals surface area contributed by atoms with Crippen LogP contribution in [0.2, 0.25) is 0 Å². The van der Waals surface area contributed by atoms with Crippen molar-refractivity contribution in [1.82, 2.24) is 9.78 Å². The zero-order valence-corrected chi connectivity index (χ0v) is 16.8. The van der Waals surface area contributed by atoms with Crippen LogP contribution in [0.25, 0.3) is 0 Å². The lowest BCUT2D eigenvalue weighted by molar-refractivity contribution is 0.0972. The zero-order chi connectivity index (χ0) is 19.7. The maximum atomic E-state index is 13.0. The average Bonchev–Trinajstić information content (AvgIpc) is 2.93. The van der Waals surface area contributed by atoms with Crippen LogP contribution in [-0.2, 0) is 42.1 Å². The van der Waals surface area contributed by atoms with E-state index < -0.39 is 15.9 Å². The molecule has 2 aromatic rings. The highest BCUT2D eigenvalue weighted by molar-refractivity contribution is 7.91. The van der Waals surface area contributed by atoms with Gasteiger partial charge in [-0.2, -0.15) is 5.10 Å². The first kappa shape index (κ1) is 17.7. The van der Waals surface area contributed by atoms with Crippen LogP contribution in [0.15, 0.2) is 21.5 Å². The van der Waals surface area contributed by atoms with Crippen LogP contribution >= 0.6 is 0 Å². The van der Waals surface area contributed by atoms with Crippen LogP contribution in [0.1, 0.15) is 36.1 Å². The molecule has 1 aliphatic heterocycles. The van der Waals surface area contributed by atoms with Gasteiger partial charge in [0.05, 0.1) is 19.3 Å². The largest absolute Gasteiger partial charge is 0.476 e. The number of nitrogens with zero attached hydrogens (tertiary/aromatic N) is 3. The number of ether oxygens (including phenoxy) is 1. The summed E-state index contributed by atoms with van der Waals surface area (Å²) in [4.78, 5) is 12.7. The lowest BCUT2D eigenvalue weighted by Crippen LogP contribution is -2.33. The molecule has 1 atom stereocenters. The molecule has 0 saturated heterocycles. The predicted molar refractivity (Wildman–Crippen MR) is 105 cm³/mol. The molecule has 28 heavy (non-hydrogen) atoms. The number of anilines is 1. The molecule has 8 nitrogen and oxygen atoms in total. The number of benzene rings is 1. The number of amides is 2. The number of aromatic nitrogens is 2. The van der Waals surface area contributed by atoms with Gasteiger partial charge in [-0.15, -0.1) is 4.36 Å². The minimum absolute atomic E-state index is 0.0860. The van der Waals surface area contributed by atoms with Crippen molar-refractivity contribution in [2.24, 2.45) is 14.9 Å². The Bertz CT molecular complexity index is 1110. The zero-order valence-electron chi connectivity index (χ0n) is 15.9. The fourth-order valence-electron chi connectivity index (χ4n) is 4.05. The highest BCUT2D eigenvalue weighted by Gasteiger charge is 2.32. The Labute approximate surface area is 163 Å². The van der Waals surface area contributed by atoms with Gasteiger partial charge in [0.1, 0.15) is 4.90 Å². The molecular formula is C19H23N5O3S. The number of nitrogens with two attached hydrogens (primary N) is 1. The summed E-state index contributed by atoms with van der Waals surface area (Å²) in [6, 6.07) is 1.53. The van der Waals surface area contributed by atoms with E-state index in [-0.39, 0.29) is 10.3 Å². The molecule has 9 heteroatoms. The van der Waals surface area contributed by atoms with E-state index in [1.807, 2.05) is 0 Å².